The first-order valence-electron chi connectivity index (χ1n) is 6.05. The number of methoxy groups -OCH3 is 1. The quantitative estimate of drug-likeness (QED) is 0.791. The zero-order chi connectivity index (χ0) is 12.3. The van der Waals surface area contributed by atoms with Crippen LogP contribution < -0.4 is 5.32 Å². The van der Waals surface area contributed by atoms with E-state index in [1.54, 1.807) is 0 Å². The number of carbonyl (C=O) groups is 1. The number of rotatable bonds is 2. The van der Waals surface area contributed by atoms with E-state index in [-0.39, 0.29) is 5.97 Å². The molecule has 0 bridgehead atoms. The maximum atomic E-state index is 12.1. The highest BCUT2D eigenvalue weighted by Crippen LogP contribution is 2.34. The van der Waals surface area contributed by atoms with Crippen molar-refractivity contribution in [1.29, 1.82) is 0 Å². The van der Waals surface area contributed by atoms with Crippen molar-refractivity contribution in [1.82, 2.24) is 5.32 Å². The summed E-state index contributed by atoms with van der Waals surface area (Å²) in [4.78, 5) is 12.1. The summed E-state index contributed by atoms with van der Waals surface area (Å²) in [6.45, 7) is 3.78. The Hall–Kier alpha value is -1.35. The van der Waals surface area contributed by atoms with Gasteiger partial charge in [0, 0.05) is 0 Å². The molecule has 0 atom stereocenters. The molecule has 1 heterocycles. The monoisotopic (exact) mass is 233 g/mol. The molecule has 1 N–H and O–H groups in total. The Kier molecular flexibility index (Phi) is 3.48. The Bertz CT molecular complexity index is 391. The van der Waals surface area contributed by atoms with E-state index in [4.69, 9.17) is 4.74 Å². The number of benzene rings is 1. The lowest BCUT2D eigenvalue weighted by Gasteiger charge is -2.35. The van der Waals surface area contributed by atoms with Gasteiger partial charge in [-0.1, -0.05) is 29.8 Å². The van der Waals surface area contributed by atoms with Crippen molar-refractivity contribution >= 4 is 5.97 Å². The normalized spacial score (nSPS) is 18.7. The molecule has 1 fully saturated rings. The first-order valence-corrected chi connectivity index (χ1v) is 6.05. The van der Waals surface area contributed by atoms with E-state index >= 15 is 0 Å². The second-order valence-corrected chi connectivity index (χ2v) is 4.69. The van der Waals surface area contributed by atoms with Crippen molar-refractivity contribution in [3.8, 4) is 0 Å². The van der Waals surface area contributed by atoms with E-state index in [1.807, 2.05) is 0 Å². The molecule has 0 amide bonds. The van der Waals surface area contributed by atoms with Crippen LogP contribution in [0.4, 0.5) is 0 Å². The van der Waals surface area contributed by atoms with Crippen LogP contribution in [0.2, 0.25) is 0 Å². The number of carbonyl (C=O) groups excluding carboxylic acids is 1. The van der Waals surface area contributed by atoms with E-state index in [1.165, 1.54) is 12.7 Å². The minimum Gasteiger partial charge on any atom is -0.468 e. The minimum absolute atomic E-state index is 0.108. The van der Waals surface area contributed by atoms with Gasteiger partial charge >= 0.3 is 5.97 Å². The van der Waals surface area contributed by atoms with E-state index in [0.29, 0.717) is 0 Å². The highest BCUT2D eigenvalue weighted by atomic mass is 16.5. The van der Waals surface area contributed by atoms with Crippen LogP contribution in [0.5, 0.6) is 0 Å². The number of hydrogen-bond donors (Lipinski definition) is 1. The summed E-state index contributed by atoms with van der Waals surface area (Å²) in [5.41, 5.74) is 1.84. The zero-order valence-corrected chi connectivity index (χ0v) is 10.5. The molecule has 0 saturated carbocycles. The molecule has 0 radical (unpaired) electrons. The molecular formula is C14H19NO2. The van der Waals surface area contributed by atoms with Gasteiger partial charge in [-0.2, -0.15) is 0 Å². The number of esters is 1. The van der Waals surface area contributed by atoms with Crippen molar-refractivity contribution in [3.63, 3.8) is 0 Å². The van der Waals surface area contributed by atoms with Gasteiger partial charge in [0.25, 0.3) is 0 Å². The first kappa shape index (κ1) is 12.1. The van der Waals surface area contributed by atoms with E-state index < -0.39 is 5.41 Å². The maximum absolute atomic E-state index is 12.1. The average molecular weight is 233 g/mol. The van der Waals surface area contributed by atoms with Gasteiger partial charge in [-0.3, -0.25) is 4.79 Å². The number of ether oxygens (including phenoxy) is 1. The topological polar surface area (TPSA) is 38.3 Å². The largest absolute Gasteiger partial charge is 0.468 e. The van der Waals surface area contributed by atoms with Gasteiger partial charge < -0.3 is 10.1 Å². The van der Waals surface area contributed by atoms with Gasteiger partial charge in [0.1, 0.15) is 0 Å². The molecule has 3 nitrogen and oxygen atoms in total. The molecule has 0 aromatic heterocycles. The van der Waals surface area contributed by atoms with Crippen LogP contribution >= 0.6 is 0 Å². The zero-order valence-electron chi connectivity index (χ0n) is 10.5. The lowest BCUT2D eigenvalue weighted by Crippen LogP contribution is -2.46. The van der Waals surface area contributed by atoms with Crippen molar-refractivity contribution in [2.24, 2.45) is 0 Å². The van der Waals surface area contributed by atoms with Crippen molar-refractivity contribution in [2.75, 3.05) is 20.2 Å². The van der Waals surface area contributed by atoms with Crippen LogP contribution in [-0.4, -0.2) is 26.2 Å². The minimum atomic E-state index is -0.451. The molecule has 0 unspecified atom stereocenters. The molecule has 1 aromatic rings. The van der Waals surface area contributed by atoms with Crippen LogP contribution in [-0.2, 0) is 14.9 Å². The average Bonchev–Trinajstić information content (AvgIpc) is 2.39. The Morgan fingerprint density at radius 3 is 2.35 bits per heavy atom. The molecule has 1 saturated heterocycles. The van der Waals surface area contributed by atoms with Gasteiger partial charge in [-0.15, -0.1) is 0 Å². The van der Waals surface area contributed by atoms with Crippen LogP contribution in [0.25, 0.3) is 0 Å². The first-order chi connectivity index (χ1) is 8.19. The fourth-order valence-electron chi connectivity index (χ4n) is 2.53. The number of piperidine rings is 1. The Morgan fingerprint density at radius 2 is 1.82 bits per heavy atom. The molecule has 1 aromatic carbocycles. The van der Waals surface area contributed by atoms with Gasteiger partial charge in [0.15, 0.2) is 0 Å². The molecule has 92 valence electrons. The standard InChI is InChI=1S/C14H19NO2/c1-11-3-5-12(6-4-11)14(13(16)17-2)7-9-15-10-8-14/h3-6,15H,7-10H2,1-2H3. The second kappa shape index (κ2) is 4.88. The summed E-state index contributed by atoms with van der Waals surface area (Å²) >= 11 is 0. The van der Waals surface area contributed by atoms with Crippen LogP contribution in [0, 0.1) is 6.92 Å². The number of aryl methyl sites for hydroxylation is 1. The molecule has 2 rings (SSSR count). The predicted octanol–water partition coefficient (Wildman–Crippen LogP) is 1.79. The summed E-state index contributed by atoms with van der Waals surface area (Å²) in [6, 6.07) is 8.22. The number of nitrogens with one attached hydrogen (secondary N) is 1. The third kappa shape index (κ3) is 2.20. The van der Waals surface area contributed by atoms with Crippen LogP contribution in [0.3, 0.4) is 0 Å². The Morgan fingerprint density at radius 1 is 1.24 bits per heavy atom. The van der Waals surface area contributed by atoms with Gasteiger partial charge in [-0.05, 0) is 38.4 Å². The summed E-state index contributed by atoms with van der Waals surface area (Å²) in [5.74, 6) is -0.108. The summed E-state index contributed by atoms with van der Waals surface area (Å²) < 4.78 is 5.01. The molecule has 0 aliphatic carbocycles. The lowest BCUT2D eigenvalue weighted by atomic mass is 9.73. The molecule has 0 spiro atoms. The SMILES string of the molecule is COC(=O)C1(c2ccc(C)cc2)CCNCC1. The third-order valence-corrected chi connectivity index (χ3v) is 3.64. The highest BCUT2D eigenvalue weighted by Gasteiger charge is 2.42. The Balaban J connectivity index is 2.38. The third-order valence-electron chi connectivity index (χ3n) is 3.64. The Labute approximate surface area is 102 Å². The fraction of sp³-hybridized carbons (Fsp3) is 0.500. The number of hydrogen-bond acceptors (Lipinski definition) is 3. The van der Waals surface area contributed by atoms with E-state index in [0.717, 1.165) is 31.5 Å². The molecule has 3 heteroatoms. The molecule has 1 aliphatic heterocycles. The van der Waals surface area contributed by atoms with Crippen molar-refractivity contribution in [3.05, 3.63) is 35.4 Å². The fourth-order valence-corrected chi connectivity index (χ4v) is 2.53. The smallest absolute Gasteiger partial charge is 0.316 e. The van der Waals surface area contributed by atoms with Crippen molar-refractivity contribution in [2.45, 2.75) is 25.2 Å². The summed E-state index contributed by atoms with van der Waals surface area (Å²) in [6.07, 6.45) is 1.62. The van der Waals surface area contributed by atoms with Crippen molar-refractivity contribution < 1.29 is 9.53 Å². The van der Waals surface area contributed by atoms with Crippen LogP contribution in [0.15, 0.2) is 24.3 Å². The summed E-state index contributed by atoms with van der Waals surface area (Å²) in [5, 5.41) is 3.29. The van der Waals surface area contributed by atoms with Gasteiger partial charge in [0.2, 0.25) is 0 Å². The van der Waals surface area contributed by atoms with E-state index in [2.05, 4.69) is 36.5 Å². The second-order valence-electron chi connectivity index (χ2n) is 4.69. The van der Waals surface area contributed by atoms with Gasteiger partial charge in [0.05, 0.1) is 12.5 Å². The highest BCUT2D eigenvalue weighted by molar-refractivity contribution is 5.83. The molecule has 17 heavy (non-hydrogen) atoms. The predicted molar refractivity (Wildman–Crippen MR) is 67.0 cm³/mol. The molecule has 1 aliphatic rings. The summed E-state index contributed by atoms with van der Waals surface area (Å²) in [7, 11) is 1.47. The molecular weight excluding hydrogens is 214 g/mol. The van der Waals surface area contributed by atoms with E-state index in [9.17, 15) is 4.79 Å². The van der Waals surface area contributed by atoms with Crippen LogP contribution in [0.1, 0.15) is 24.0 Å². The van der Waals surface area contributed by atoms with Gasteiger partial charge in [-0.25, -0.2) is 0 Å². The lowest BCUT2D eigenvalue weighted by molar-refractivity contribution is -0.148. The maximum Gasteiger partial charge on any atom is 0.316 e.